The van der Waals surface area contributed by atoms with E-state index < -0.39 is 29.3 Å². The fourth-order valence-electron chi connectivity index (χ4n) is 1.51. The zero-order chi connectivity index (χ0) is 16.8. The predicted octanol–water partition coefficient (Wildman–Crippen LogP) is 2.04. The van der Waals surface area contributed by atoms with E-state index in [1.807, 2.05) is 0 Å². The highest BCUT2D eigenvalue weighted by Gasteiger charge is 2.29. The van der Waals surface area contributed by atoms with Gasteiger partial charge in [0.2, 0.25) is 0 Å². The van der Waals surface area contributed by atoms with E-state index in [1.165, 1.54) is 0 Å². The number of hydrogen-bond donors (Lipinski definition) is 2. The number of nitrogens with two attached hydrogens (primary N) is 1. The number of ether oxygens (including phenoxy) is 1. The van der Waals surface area contributed by atoms with Crippen molar-refractivity contribution in [1.29, 1.82) is 0 Å². The summed E-state index contributed by atoms with van der Waals surface area (Å²) in [5.74, 6) is -1.07. The summed E-state index contributed by atoms with van der Waals surface area (Å²) in [6, 6.07) is 2.83. The van der Waals surface area contributed by atoms with E-state index >= 15 is 0 Å². The Morgan fingerprint density at radius 3 is 2.57 bits per heavy atom. The summed E-state index contributed by atoms with van der Waals surface area (Å²) in [5, 5.41) is 13.3. The Morgan fingerprint density at radius 1 is 1.39 bits per heavy atom. The largest absolute Gasteiger partial charge is 0.484 e. The molecule has 1 aromatic carbocycles. The lowest BCUT2D eigenvalue weighted by molar-refractivity contribution is -0.385. The molecule has 0 spiro atoms. The van der Waals surface area contributed by atoms with Crippen molar-refractivity contribution in [1.82, 2.24) is 5.32 Å². The van der Waals surface area contributed by atoms with Gasteiger partial charge in [0.05, 0.1) is 4.92 Å². The molecule has 1 aromatic rings. The Labute approximate surface area is 135 Å². The molecule has 0 aromatic heterocycles. The van der Waals surface area contributed by atoms with Crippen molar-refractivity contribution < 1.29 is 27.6 Å². The van der Waals surface area contributed by atoms with E-state index in [9.17, 15) is 28.1 Å². The molecule has 0 atom stereocenters. The second-order valence-corrected chi connectivity index (χ2v) is 4.24. The number of benzene rings is 1. The molecule has 7 nitrogen and oxygen atoms in total. The van der Waals surface area contributed by atoms with Crippen LogP contribution >= 0.6 is 12.4 Å². The van der Waals surface area contributed by atoms with Gasteiger partial charge in [-0.2, -0.15) is 13.2 Å². The molecule has 0 saturated carbocycles. The van der Waals surface area contributed by atoms with Crippen LogP contribution in [0.15, 0.2) is 18.2 Å². The van der Waals surface area contributed by atoms with Gasteiger partial charge in [0.1, 0.15) is 11.3 Å². The first-order chi connectivity index (χ1) is 10.2. The third kappa shape index (κ3) is 7.15. The average Bonchev–Trinajstić information content (AvgIpc) is 2.44. The number of nitro benzene ring substituents is 1. The van der Waals surface area contributed by atoms with Crippen LogP contribution in [0, 0.1) is 10.1 Å². The molecule has 11 heteroatoms. The Hall–Kier alpha value is -2.07. The fraction of sp³-hybridized carbons (Fsp3) is 0.417. The highest BCUT2D eigenvalue weighted by atomic mass is 35.5. The van der Waals surface area contributed by atoms with Crippen molar-refractivity contribution in [2.45, 2.75) is 12.6 Å². The third-order valence-electron chi connectivity index (χ3n) is 2.48. The normalized spacial score (nSPS) is 10.6. The summed E-state index contributed by atoms with van der Waals surface area (Å²) in [5.41, 5.74) is 4.35. The Morgan fingerprint density at radius 2 is 2.04 bits per heavy atom. The maximum absolute atomic E-state index is 12.1. The van der Waals surface area contributed by atoms with Crippen LogP contribution in [0.25, 0.3) is 0 Å². The standard InChI is InChI=1S/C12H14F3N3O4.ClH/c13-12(14,15)7-22-8-2-3-10(18(20)21)9(6-8)11(19)17-5-1-4-16;/h2-3,6H,1,4-5,7,16H2,(H,17,19);1H. The van der Waals surface area contributed by atoms with E-state index in [0.29, 0.717) is 13.0 Å². The van der Waals surface area contributed by atoms with Gasteiger partial charge in [-0.3, -0.25) is 14.9 Å². The number of nitrogens with zero attached hydrogens (tertiary/aromatic N) is 1. The minimum atomic E-state index is -4.55. The maximum atomic E-state index is 12.1. The number of carbonyl (C=O) groups is 1. The van der Waals surface area contributed by atoms with Crippen LogP contribution in [-0.2, 0) is 0 Å². The SMILES string of the molecule is Cl.NCCCNC(=O)c1cc(OCC(F)(F)F)ccc1[N+](=O)[O-]. The number of carbonyl (C=O) groups excluding carboxylic acids is 1. The van der Waals surface area contributed by atoms with Gasteiger partial charge in [-0.25, -0.2) is 0 Å². The molecule has 1 amide bonds. The molecule has 0 aliphatic rings. The van der Waals surface area contributed by atoms with Crippen molar-refractivity contribution in [2.24, 2.45) is 5.73 Å². The van der Waals surface area contributed by atoms with Gasteiger partial charge in [0.15, 0.2) is 6.61 Å². The number of rotatable bonds is 7. The average molecular weight is 358 g/mol. The molecule has 0 saturated heterocycles. The van der Waals surface area contributed by atoms with Gasteiger partial charge < -0.3 is 15.8 Å². The molecule has 0 fully saturated rings. The zero-order valence-electron chi connectivity index (χ0n) is 11.8. The van der Waals surface area contributed by atoms with Crippen LogP contribution in [-0.4, -0.2) is 36.7 Å². The molecule has 130 valence electrons. The van der Waals surface area contributed by atoms with Gasteiger partial charge >= 0.3 is 6.18 Å². The van der Waals surface area contributed by atoms with Crippen molar-refractivity contribution >= 4 is 24.0 Å². The lowest BCUT2D eigenvalue weighted by Gasteiger charge is -2.11. The number of halogens is 4. The van der Waals surface area contributed by atoms with Crippen LogP contribution in [0.2, 0.25) is 0 Å². The fourth-order valence-corrected chi connectivity index (χ4v) is 1.51. The number of nitro groups is 1. The molecule has 0 heterocycles. The molecular formula is C12H15ClF3N3O4. The van der Waals surface area contributed by atoms with Crippen molar-refractivity contribution in [3.05, 3.63) is 33.9 Å². The molecule has 3 N–H and O–H groups in total. The van der Waals surface area contributed by atoms with Crippen LogP contribution in [0.5, 0.6) is 5.75 Å². The van der Waals surface area contributed by atoms with E-state index in [0.717, 1.165) is 18.2 Å². The van der Waals surface area contributed by atoms with E-state index in [4.69, 9.17) is 5.73 Å². The Bertz CT molecular complexity index is 555. The smallest absolute Gasteiger partial charge is 0.422 e. The first-order valence-corrected chi connectivity index (χ1v) is 6.21. The second-order valence-electron chi connectivity index (χ2n) is 4.24. The molecule has 0 aliphatic carbocycles. The Kier molecular flexibility index (Phi) is 8.33. The number of amides is 1. The van der Waals surface area contributed by atoms with Crippen LogP contribution in [0.4, 0.5) is 18.9 Å². The zero-order valence-corrected chi connectivity index (χ0v) is 12.6. The van der Waals surface area contributed by atoms with Gasteiger partial charge in [-0.05, 0) is 25.1 Å². The topological polar surface area (TPSA) is 107 Å². The highest BCUT2D eigenvalue weighted by Crippen LogP contribution is 2.25. The molecule has 0 unspecified atom stereocenters. The first-order valence-electron chi connectivity index (χ1n) is 6.21. The van der Waals surface area contributed by atoms with Crippen LogP contribution in [0.3, 0.4) is 0 Å². The molecule has 1 rings (SSSR count). The summed E-state index contributed by atoms with van der Waals surface area (Å²) in [4.78, 5) is 21.9. The molecule has 23 heavy (non-hydrogen) atoms. The summed E-state index contributed by atoms with van der Waals surface area (Å²) in [6.07, 6.45) is -4.09. The van der Waals surface area contributed by atoms with Crippen LogP contribution < -0.4 is 15.8 Å². The summed E-state index contributed by atoms with van der Waals surface area (Å²) in [6.45, 7) is -1.05. The van der Waals surface area contributed by atoms with Crippen molar-refractivity contribution in [3.8, 4) is 5.75 Å². The van der Waals surface area contributed by atoms with Gasteiger partial charge in [0.25, 0.3) is 11.6 Å². The number of alkyl halides is 3. The third-order valence-corrected chi connectivity index (χ3v) is 2.48. The van der Waals surface area contributed by atoms with E-state index in [2.05, 4.69) is 10.1 Å². The molecular weight excluding hydrogens is 343 g/mol. The van der Waals surface area contributed by atoms with E-state index in [-0.39, 0.29) is 30.3 Å². The molecule has 0 bridgehead atoms. The quantitative estimate of drug-likeness (QED) is 0.441. The second kappa shape index (κ2) is 9.16. The van der Waals surface area contributed by atoms with Crippen molar-refractivity contribution in [2.75, 3.05) is 19.7 Å². The minimum absolute atomic E-state index is 0. The van der Waals surface area contributed by atoms with Crippen molar-refractivity contribution in [3.63, 3.8) is 0 Å². The lowest BCUT2D eigenvalue weighted by Crippen LogP contribution is -2.26. The summed E-state index contributed by atoms with van der Waals surface area (Å²) in [7, 11) is 0. The van der Waals surface area contributed by atoms with Gasteiger partial charge in [-0.1, -0.05) is 0 Å². The molecule has 0 radical (unpaired) electrons. The first kappa shape index (κ1) is 20.9. The number of nitrogens with one attached hydrogen (secondary N) is 1. The summed E-state index contributed by atoms with van der Waals surface area (Å²) >= 11 is 0. The predicted molar refractivity (Wildman–Crippen MR) is 77.9 cm³/mol. The monoisotopic (exact) mass is 357 g/mol. The number of hydrogen-bond acceptors (Lipinski definition) is 5. The van der Waals surface area contributed by atoms with Crippen LogP contribution in [0.1, 0.15) is 16.8 Å². The minimum Gasteiger partial charge on any atom is -0.484 e. The lowest BCUT2D eigenvalue weighted by atomic mass is 10.1. The Balaban J connectivity index is 0.00000484. The molecule has 0 aliphatic heterocycles. The highest BCUT2D eigenvalue weighted by molar-refractivity contribution is 5.98. The van der Waals surface area contributed by atoms with Gasteiger partial charge in [0, 0.05) is 12.6 Å². The van der Waals surface area contributed by atoms with Gasteiger partial charge in [-0.15, -0.1) is 12.4 Å². The summed E-state index contributed by atoms with van der Waals surface area (Å²) < 4.78 is 40.7. The van der Waals surface area contributed by atoms with E-state index in [1.54, 1.807) is 0 Å². The maximum Gasteiger partial charge on any atom is 0.422 e.